The summed E-state index contributed by atoms with van der Waals surface area (Å²) in [5.74, 6) is -0.0840. The zero-order valence-electron chi connectivity index (χ0n) is 19.5. The Balaban J connectivity index is 1.49. The number of carbonyl (C=O) groups is 1. The molecule has 0 bridgehead atoms. The summed E-state index contributed by atoms with van der Waals surface area (Å²) in [7, 11) is 1.36. The van der Waals surface area contributed by atoms with E-state index in [0.717, 1.165) is 23.5 Å². The third-order valence-corrected chi connectivity index (χ3v) is 6.17. The topological polar surface area (TPSA) is 59.9 Å². The van der Waals surface area contributed by atoms with Crippen LogP contribution in [0, 0.1) is 0 Å². The molecule has 0 radical (unpaired) electrons. The molecule has 3 aromatic rings. The first kappa shape index (κ1) is 27.1. The van der Waals surface area contributed by atoms with Gasteiger partial charge in [-0.25, -0.2) is 0 Å². The van der Waals surface area contributed by atoms with Crippen LogP contribution in [0.3, 0.4) is 0 Å². The Hall–Kier alpha value is -3.93. The summed E-state index contributed by atoms with van der Waals surface area (Å²) in [5.41, 5.74) is -2.06. The first-order valence-corrected chi connectivity index (χ1v) is 11.7. The van der Waals surface area contributed by atoms with Crippen molar-refractivity contribution in [3.8, 4) is 11.5 Å². The highest BCUT2D eigenvalue weighted by atomic mass is 32.2. The number of alkyl halides is 6. The molecule has 0 atom stereocenters. The third-order valence-electron chi connectivity index (χ3n) is 5.27. The van der Waals surface area contributed by atoms with Gasteiger partial charge < -0.3 is 14.8 Å². The number of hydrogen-bond acceptors (Lipinski definition) is 5. The average molecular weight is 552 g/mol. The predicted octanol–water partition coefficient (Wildman–Crippen LogP) is 7.39. The number of amidine groups is 1. The molecule has 0 unspecified atom stereocenters. The van der Waals surface area contributed by atoms with E-state index in [4.69, 9.17) is 9.47 Å². The maximum absolute atomic E-state index is 13.4. The summed E-state index contributed by atoms with van der Waals surface area (Å²) in [6.07, 6.45) is -8.37. The number of thioether (sulfide) groups is 1. The fourth-order valence-electron chi connectivity index (χ4n) is 3.45. The predicted molar refractivity (Wildman–Crippen MR) is 132 cm³/mol. The summed E-state index contributed by atoms with van der Waals surface area (Å²) in [6.45, 7) is -0.632. The molecule has 198 valence electrons. The van der Waals surface area contributed by atoms with E-state index in [1.807, 2.05) is 30.3 Å². The summed E-state index contributed by atoms with van der Waals surface area (Å²) in [6, 6.07) is 14.9. The molecule has 1 N–H and O–H groups in total. The monoisotopic (exact) mass is 552 g/mol. The second-order valence-electron chi connectivity index (χ2n) is 7.88. The van der Waals surface area contributed by atoms with Crippen molar-refractivity contribution in [2.75, 3.05) is 12.4 Å². The number of hydrogen-bond donors (Lipinski definition) is 1. The van der Waals surface area contributed by atoms with Crippen LogP contribution in [0.1, 0.15) is 22.3 Å². The molecular formula is C26H18F6N2O3S. The quantitative estimate of drug-likeness (QED) is 0.255. The lowest BCUT2D eigenvalue weighted by Gasteiger charge is -2.17. The van der Waals surface area contributed by atoms with Crippen molar-refractivity contribution in [2.24, 2.45) is 4.99 Å². The highest BCUT2D eigenvalue weighted by Crippen LogP contribution is 2.38. The Morgan fingerprint density at radius 2 is 1.68 bits per heavy atom. The van der Waals surface area contributed by atoms with Gasteiger partial charge in [-0.3, -0.25) is 4.79 Å². The van der Waals surface area contributed by atoms with Crippen LogP contribution in [-0.2, 0) is 23.8 Å². The van der Waals surface area contributed by atoms with Gasteiger partial charge in [-0.05, 0) is 54.2 Å². The molecule has 0 aliphatic carbocycles. The van der Waals surface area contributed by atoms with Crippen LogP contribution in [0.2, 0.25) is 0 Å². The van der Waals surface area contributed by atoms with Gasteiger partial charge in [-0.2, -0.15) is 31.3 Å². The fraction of sp³-hybridized carbons (Fsp3) is 0.154. The van der Waals surface area contributed by atoms with Crippen molar-refractivity contribution < 1.29 is 40.6 Å². The minimum atomic E-state index is -5.00. The highest BCUT2D eigenvalue weighted by Gasteiger charge is 2.38. The van der Waals surface area contributed by atoms with Crippen LogP contribution in [-0.4, -0.2) is 18.2 Å². The van der Waals surface area contributed by atoms with Crippen LogP contribution in [0.15, 0.2) is 76.6 Å². The van der Waals surface area contributed by atoms with Gasteiger partial charge in [0.2, 0.25) is 0 Å². The van der Waals surface area contributed by atoms with Crippen molar-refractivity contribution in [3.05, 3.63) is 93.9 Å². The second kappa shape index (κ2) is 10.8. The summed E-state index contributed by atoms with van der Waals surface area (Å²) < 4.78 is 89.7. The Labute approximate surface area is 217 Å². The van der Waals surface area contributed by atoms with E-state index < -0.39 is 41.6 Å². The molecule has 0 fully saturated rings. The molecule has 5 nitrogen and oxygen atoms in total. The van der Waals surface area contributed by atoms with Crippen LogP contribution in [0.25, 0.3) is 6.08 Å². The summed E-state index contributed by atoms with van der Waals surface area (Å²) in [4.78, 5) is 16.7. The summed E-state index contributed by atoms with van der Waals surface area (Å²) >= 11 is 1.12. The van der Waals surface area contributed by atoms with Gasteiger partial charge in [0.25, 0.3) is 5.91 Å². The molecule has 0 saturated heterocycles. The highest BCUT2D eigenvalue weighted by molar-refractivity contribution is 8.18. The van der Waals surface area contributed by atoms with Gasteiger partial charge in [-0.1, -0.05) is 24.3 Å². The molecular weight excluding hydrogens is 534 g/mol. The second-order valence-corrected chi connectivity index (χ2v) is 8.91. The number of methoxy groups -OCH3 is 1. The van der Waals surface area contributed by atoms with Gasteiger partial charge in [0.1, 0.15) is 18.1 Å². The molecule has 38 heavy (non-hydrogen) atoms. The van der Waals surface area contributed by atoms with E-state index in [9.17, 15) is 31.1 Å². The van der Waals surface area contributed by atoms with Crippen LogP contribution >= 0.6 is 11.8 Å². The van der Waals surface area contributed by atoms with Gasteiger partial charge in [0.05, 0.1) is 23.1 Å². The Bertz CT molecular complexity index is 1400. The molecule has 1 aliphatic heterocycles. The number of nitrogens with zero attached hydrogens (tertiary/aromatic N) is 1. The lowest BCUT2D eigenvalue weighted by Crippen LogP contribution is -2.14. The van der Waals surface area contributed by atoms with Gasteiger partial charge in [0, 0.05) is 22.9 Å². The number of ether oxygens (including phenoxy) is 2. The SMILES string of the molecule is COc1cc(OCc2ccc(C(F)(F)F)cc2C(F)(F)F)ccc1C=C1SC(Nc2ccccc2)=NC1=O. The number of nitrogens with one attached hydrogen (secondary N) is 1. The third kappa shape index (κ3) is 6.49. The van der Waals surface area contributed by atoms with Crippen LogP contribution in [0.5, 0.6) is 11.5 Å². The van der Waals surface area contributed by atoms with Gasteiger partial charge in [-0.15, -0.1) is 0 Å². The van der Waals surface area contributed by atoms with E-state index in [1.54, 1.807) is 6.08 Å². The number of anilines is 1. The average Bonchev–Trinajstić information content (AvgIpc) is 3.20. The largest absolute Gasteiger partial charge is 0.496 e. The number of rotatable bonds is 6. The maximum atomic E-state index is 13.4. The fourth-order valence-corrected chi connectivity index (χ4v) is 4.28. The maximum Gasteiger partial charge on any atom is 0.416 e. The number of halogens is 6. The Kier molecular flexibility index (Phi) is 7.72. The molecule has 12 heteroatoms. The number of benzene rings is 3. The van der Waals surface area contributed by atoms with Crippen molar-refractivity contribution in [2.45, 2.75) is 19.0 Å². The molecule has 0 spiro atoms. The number of carbonyl (C=O) groups excluding carboxylic acids is 1. The van der Waals surface area contributed by atoms with Crippen LogP contribution in [0.4, 0.5) is 32.0 Å². The lowest BCUT2D eigenvalue weighted by molar-refractivity contribution is -0.143. The molecule has 3 aromatic carbocycles. The normalized spacial score (nSPS) is 15.0. The molecule has 4 rings (SSSR count). The first-order valence-electron chi connectivity index (χ1n) is 10.9. The minimum absolute atomic E-state index is 0.0633. The standard InChI is InChI=1S/C26H18F6N2O3S/c1-36-21-13-19(37-14-16-7-9-17(25(27,28)29)12-20(16)26(30,31)32)10-8-15(21)11-22-23(35)34-24(38-22)33-18-5-3-2-4-6-18/h2-13H,14H2,1H3,(H,33,34,35). The van der Waals surface area contributed by atoms with Crippen molar-refractivity contribution in [1.29, 1.82) is 0 Å². The Morgan fingerprint density at radius 3 is 2.34 bits per heavy atom. The van der Waals surface area contributed by atoms with Crippen molar-refractivity contribution in [3.63, 3.8) is 0 Å². The van der Waals surface area contributed by atoms with Crippen LogP contribution < -0.4 is 14.8 Å². The van der Waals surface area contributed by atoms with Crippen molar-refractivity contribution >= 4 is 34.6 Å². The summed E-state index contributed by atoms with van der Waals surface area (Å²) in [5, 5.41) is 3.43. The zero-order chi connectivity index (χ0) is 27.5. The Morgan fingerprint density at radius 1 is 0.947 bits per heavy atom. The number of aliphatic imine (C=N–C) groups is 1. The molecule has 1 amide bonds. The van der Waals surface area contributed by atoms with Gasteiger partial charge >= 0.3 is 12.4 Å². The number of para-hydroxylation sites is 1. The number of amides is 1. The molecule has 1 aliphatic rings. The van der Waals surface area contributed by atoms with E-state index >= 15 is 0 Å². The molecule has 0 saturated carbocycles. The van der Waals surface area contributed by atoms with Gasteiger partial charge in [0.15, 0.2) is 5.17 Å². The minimum Gasteiger partial charge on any atom is -0.496 e. The van der Waals surface area contributed by atoms with E-state index in [2.05, 4.69) is 10.3 Å². The van der Waals surface area contributed by atoms with Crippen molar-refractivity contribution in [1.82, 2.24) is 0 Å². The van der Waals surface area contributed by atoms with E-state index in [-0.39, 0.29) is 17.6 Å². The van der Waals surface area contributed by atoms with E-state index in [0.29, 0.717) is 21.7 Å². The van der Waals surface area contributed by atoms with E-state index in [1.165, 1.54) is 25.3 Å². The first-order chi connectivity index (χ1) is 17.9. The molecule has 0 aromatic heterocycles. The molecule has 1 heterocycles. The lowest BCUT2D eigenvalue weighted by atomic mass is 10.0. The zero-order valence-corrected chi connectivity index (χ0v) is 20.3. The smallest absolute Gasteiger partial charge is 0.416 e.